The second kappa shape index (κ2) is 3.33. The second-order valence-electron chi connectivity index (χ2n) is 4.40. The van der Waals surface area contributed by atoms with Crippen LogP contribution in [0.3, 0.4) is 0 Å². The molecule has 0 unspecified atom stereocenters. The Hall–Kier alpha value is -0.500. The van der Waals surface area contributed by atoms with Crippen LogP contribution in [-0.4, -0.2) is 0 Å². The maximum atomic E-state index is 5.97. The molecule has 1 heterocycles. The Morgan fingerprint density at radius 1 is 1.54 bits per heavy atom. The number of hydrogen-bond donors (Lipinski definition) is 1. The van der Waals surface area contributed by atoms with Crippen LogP contribution in [-0.2, 0) is 6.42 Å². The SMILES string of the molecule is CC(C)Cc1scc(N)c1C1CC1. The topological polar surface area (TPSA) is 26.0 Å². The average Bonchev–Trinajstić information content (AvgIpc) is 2.79. The molecule has 0 bridgehead atoms. The van der Waals surface area contributed by atoms with Gasteiger partial charge in [-0.2, -0.15) is 0 Å². The molecular weight excluding hydrogens is 178 g/mol. The summed E-state index contributed by atoms with van der Waals surface area (Å²) in [5, 5.41) is 2.12. The summed E-state index contributed by atoms with van der Waals surface area (Å²) in [5.74, 6) is 1.55. The lowest BCUT2D eigenvalue weighted by Crippen LogP contribution is -1.96. The van der Waals surface area contributed by atoms with Gasteiger partial charge >= 0.3 is 0 Å². The number of nitrogen functional groups attached to an aromatic ring is 1. The minimum atomic E-state index is 0.746. The van der Waals surface area contributed by atoms with Crippen LogP contribution in [0.15, 0.2) is 5.38 Å². The van der Waals surface area contributed by atoms with Crippen molar-refractivity contribution >= 4 is 17.0 Å². The molecule has 13 heavy (non-hydrogen) atoms. The van der Waals surface area contributed by atoms with Crippen molar-refractivity contribution in [2.24, 2.45) is 5.92 Å². The Balaban J connectivity index is 2.23. The molecule has 0 aromatic carbocycles. The summed E-state index contributed by atoms with van der Waals surface area (Å²) in [6.45, 7) is 4.54. The van der Waals surface area contributed by atoms with E-state index in [2.05, 4.69) is 19.2 Å². The summed E-state index contributed by atoms with van der Waals surface area (Å²) in [7, 11) is 0. The predicted octanol–water partition coefficient (Wildman–Crippen LogP) is 3.41. The molecule has 1 fully saturated rings. The van der Waals surface area contributed by atoms with E-state index in [-0.39, 0.29) is 0 Å². The normalized spacial score (nSPS) is 16.8. The van der Waals surface area contributed by atoms with Gasteiger partial charge in [-0.3, -0.25) is 0 Å². The lowest BCUT2D eigenvalue weighted by Gasteiger charge is -2.05. The van der Waals surface area contributed by atoms with Crippen molar-refractivity contribution in [3.05, 3.63) is 15.8 Å². The quantitative estimate of drug-likeness (QED) is 0.786. The van der Waals surface area contributed by atoms with Gasteiger partial charge in [0.05, 0.1) is 0 Å². The molecule has 72 valence electrons. The minimum Gasteiger partial charge on any atom is -0.398 e. The van der Waals surface area contributed by atoms with Gasteiger partial charge in [0.1, 0.15) is 0 Å². The van der Waals surface area contributed by atoms with Crippen molar-refractivity contribution in [3.8, 4) is 0 Å². The molecule has 0 amide bonds. The molecule has 0 atom stereocenters. The van der Waals surface area contributed by atoms with Gasteiger partial charge in [-0.15, -0.1) is 11.3 Å². The molecule has 1 aromatic heterocycles. The Labute approximate surface area is 84.0 Å². The lowest BCUT2D eigenvalue weighted by molar-refractivity contribution is 0.650. The van der Waals surface area contributed by atoms with E-state index in [1.54, 1.807) is 0 Å². The van der Waals surface area contributed by atoms with Gasteiger partial charge in [-0.1, -0.05) is 13.8 Å². The van der Waals surface area contributed by atoms with Crippen molar-refractivity contribution < 1.29 is 0 Å². The van der Waals surface area contributed by atoms with Crippen LogP contribution in [0.2, 0.25) is 0 Å². The third kappa shape index (κ3) is 1.88. The molecule has 1 aliphatic carbocycles. The fourth-order valence-electron chi connectivity index (χ4n) is 1.79. The standard InChI is InChI=1S/C11H17NS/c1-7(2)5-10-11(8-3-4-8)9(12)6-13-10/h6-8H,3-5,12H2,1-2H3. The van der Waals surface area contributed by atoms with Gasteiger partial charge in [0.2, 0.25) is 0 Å². The summed E-state index contributed by atoms with van der Waals surface area (Å²) in [6, 6.07) is 0. The second-order valence-corrected chi connectivity index (χ2v) is 5.36. The molecule has 0 saturated heterocycles. The van der Waals surface area contributed by atoms with Crippen LogP contribution in [0.25, 0.3) is 0 Å². The van der Waals surface area contributed by atoms with Gasteiger partial charge in [-0.05, 0) is 36.7 Å². The van der Waals surface area contributed by atoms with Crippen LogP contribution >= 0.6 is 11.3 Å². The molecule has 0 aliphatic heterocycles. The summed E-state index contributed by atoms with van der Waals surface area (Å²) in [6.07, 6.45) is 3.91. The first-order valence-corrected chi connectivity index (χ1v) is 5.92. The van der Waals surface area contributed by atoms with Crippen molar-refractivity contribution in [2.45, 2.75) is 39.0 Å². The summed E-state index contributed by atoms with van der Waals surface area (Å²) >= 11 is 1.85. The Morgan fingerprint density at radius 2 is 2.23 bits per heavy atom. The molecule has 0 radical (unpaired) electrons. The van der Waals surface area contributed by atoms with E-state index in [0.717, 1.165) is 17.5 Å². The molecular formula is C11H17NS. The highest BCUT2D eigenvalue weighted by Gasteiger charge is 2.29. The third-order valence-electron chi connectivity index (χ3n) is 2.52. The fourth-order valence-corrected chi connectivity index (χ4v) is 3.02. The smallest absolute Gasteiger partial charge is 0.0461 e. The van der Waals surface area contributed by atoms with Crippen LogP contribution < -0.4 is 5.73 Å². The molecule has 2 N–H and O–H groups in total. The van der Waals surface area contributed by atoms with Crippen LogP contribution in [0.4, 0.5) is 5.69 Å². The largest absolute Gasteiger partial charge is 0.398 e. The number of rotatable bonds is 3. The van der Waals surface area contributed by atoms with Crippen LogP contribution in [0, 0.1) is 5.92 Å². The van der Waals surface area contributed by atoms with Gasteiger partial charge in [0.25, 0.3) is 0 Å². The molecule has 1 aromatic rings. The van der Waals surface area contributed by atoms with Crippen LogP contribution in [0.1, 0.15) is 43.0 Å². The highest BCUT2D eigenvalue weighted by Crippen LogP contribution is 2.46. The van der Waals surface area contributed by atoms with E-state index in [4.69, 9.17) is 5.73 Å². The van der Waals surface area contributed by atoms with Crippen molar-refractivity contribution in [1.29, 1.82) is 0 Å². The molecule has 0 spiro atoms. The maximum Gasteiger partial charge on any atom is 0.0461 e. The predicted molar refractivity (Wildman–Crippen MR) is 59.2 cm³/mol. The number of hydrogen-bond acceptors (Lipinski definition) is 2. The van der Waals surface area contributed by atoms with E-state index in [0.29, 0.717) is 0 Å². The number of nitrogens with two attached hydrogens (primary N) is 1. The molecule has 1 saturated carbocycles. The summed E-state index contributed by atoms with van der Waals surface area (Å²) < 4.78 is 0. The Kier molecular flexibility index (Phi) is 2.33. The molecule has 2 rings (SSSR count). The summed E-state index contributed by atoms with van der Waals surface area (Å²) in [5.41, 5.74) is 8.50. The highest BCUT2D eigenvalue weighted by molar-refractivity contribution is 7.10. The van der Waals surface area contributed by atoms with Crippen molar-refractivity contribution in [1.82, 2.24) is 0 Å². The fraction of sp³-hybridized carbons (Fsp3) is 0.636. The Bertz CT molecular complexity index is 297. The zero-order valence-corrected chi connectivity index (χ0v) is 9.16. The van der Waals surface area contributed by atoms with Gasteiger partial charge in [0.15, 0.2) is 0 Å². The summed E-state index contributed by atoms with van der Waals surface area (Å²) in [4.78, 5) is 1.54. The maximum absolute atomic E-state index is 5.97. The van der Waals surface area contributed by atoms with Gasteiger partial charge < -0.3 is 5.73 Å². The van der Waals surface area contributed by atoms with E-state index in [9.17, 15) is 0 Å². The monoisotopic (exact) mass is 195 g/mol. The van der Waals surface area contributed by atoms with Crippen LogP contribution in [0.5, 0.6) is 0 Å². The number of thiophene rings is 1. The van der Waals surface area contributed by atoms with Crippen molar-refractivity contribution in [2.75, 3.05) is 5.73 Å². The van der Waals surface area contributed by atoms with E-state index in [1.807, 2.05) is 11.3 Å². The minimum absolute atomic E-state index is 0.746. The van der Waals surface area contributed by atoms with Crippen molar-refractivity contribution in [3.63, 3.8) is 0 Å². The van der Waals surface area contributed by atoms with E-state index in [1.165, 1.54) is 29.7 Å². The molecule has 2 heteroatoms. The molecule has 1 nitrogen and oxygen atoms in total. The Morgan fingerprint density at radius 3 is 2.77 bits per heavy atom. The van der Waals surface area contributed by atoms with E-state index < -0.39 is 0 Å². The first-order valence-electron chi connectivity index (χ1n) is 5.04. The first-order chi connectivity index (χ1) is 6.18. The van der Waals surface area contributed by atoms with E-state index >= 15 is 0 Å². The average molecular weight is 195 g/mol. The highest BCUT2D eigenvalue weighted by atomic mass is 32.1. The first kappa shape index (κ1) is 9.07. The zero-order chi connectivity index (χ0) is 9.42. The lowest BCUT2D eigenvalue weighted by atomic mass is 10.0. The van der Waals surface area contributed by atoms with Gasteiger partial charge in [0, 0.05) is 15.9 Å². The third-order valence-corrected chi connectivity index (χ3v) is 3.56. The molecule has 1 aliphatic rings. The zero-order valence-electron chi connectivity index (χ0n) is 8.34. The number of anilines is 1. The van der Waals surface area contributed by atoms with Gasteiger partial charge in [-0.25, -0.2) is 0 Å².